The number of carbonyl (C=O) groups is 2. The standard InChI is InChI=1S/C11H12N2O5/c12-9(11(15)16)10(14)13-4-6-1-2-7-8(3-6)18-5-17-7/h1-3,9H,4-5,12H2,(H,13,14)(H,15,16). The number of nitrogens with one attached hydrogen (secondary N) is 1. The second-order valence-corrected chi connectivity index (χ2v) is 3.72. The lowest BCUT2D eigenvalue weighted by molar-refractivity contribution is -0.142. The third kappa shape index (κ3) is 2.51. The van der Waals surface area contributed by atoms with E-state index in [-0.39, 0.29) is 13.3 Å². The lowest BCUT2D eigenvalue weighted by Gasteiger charge is -2.08. The third-order valence-corrected chi connectivity index (χ3v) is 2.45. The number of carboxylic acid groups (broad SMARTS) is 1. The van der Waals surface area contributed by atoms with E-state index in [0.717, 1.165) is 5.56 Å². The van der Waals surface area contributed by atoms with Gasteiger partial charge in [-0.2, -0.15) is 0 Å². The number of benzene rings is 1. The minimum Gasteiger partial charge on any atom is -0.480 e. The van der Waals surface area contributed by atoms with Crippen molar-refractivity contribution in [2.75, 3.05) is 6.79 Å². The number of amides is 1. The summed E-state index contributed by atoms with van der Waals surface area (Å²) in [4.78, 5) is 21.8. The lowest BCUT2D eigenvalue weighted by Crippen LogP contribution is -2.45. The van der Waals surface area contributed by atoms with E-state index in [0.29, 0.717) is 11.5 Å². The Bertz CT molecular complexity index is 488. The van der Waals surface area contributed by atoms with Crippen molar-refractivity contribution in [2.24, 2.45) is 5.73 Å². The number of hydrogen-bond acceptors (Lipinski definition) is 5. The molecule has 0 aliphatic carbocycles. The highest BCUT2D eigenvalue weighted by Gasteiger charge is 2.21. The molecule has 0 aromatic heterocycles. The van der Waals surface area contributed by atoms with Crippen LogP contribution < -0.4 is 20.5 Å². The van der Waals surface area contributed by atoms with Crippen LogP contribution in [0, 0.1) is 0 Å². The zero-order valence-corrected chi connectivity index (χ0v) is 9.38. The SMILES string of the molecule is NC(C(=O)O)C(=O)NCc1ccc2c(c1)OCO2. The quantitative estimate of drug-likeness (QED) is 0.620. The fraction of sp³-hybridized carbons (Fsp3) is 0.273. The van der Waals surface area contributed by atoms with E-state index in [1.807, 2.05) is 0 Å². The van der Waals surface area contributed by atoms with Crippen molar-refractivity contribution in [1.29, 1.82) is 0 Å². The number of aliphatic carboxylic acids is 1. The molecule has 1 heterocycles. The van der Waals surface area contributed by atoms with Crippen molar-refractivity contribution < 1.29 is 24.2 Å². The first-order chi connectivity index (χ1) is 8.58. The highest BCUT2D eigenvalue weighted by molar-refractivity contribution is 6.00. The van der Waals surface area contributed by atoms with Crippen LogP contribution in [0.15, 0.2) is 18.2 Å². The van der Waals surface area contributed by atoms with Crippen LogP contribution in [0.1, 0.15) is 5.56 Å². The smallest absolute Gasteiger partial charge is 0.330 e. The Morgan fingerprint density at radius 1 is 1.39 bits per heavy atom. The molecule has 1 amide bonds. The highest BCUT2D eigenvalue weighted by atomic mass is 16.7. The van der Waals surface area contributed by atoms with Gasteiger partial charge in [-0.15, -0.1) is 0 Å². The Morgan fingerprint density at radius 2 is 2.11 bits per heavy atom. The van der Waals surface area contributed by atoms with Crippen molar-refractivity contribution in [3.05, 3.63) is 23.8 Å². The lowest BCUT2D eigenvalue weighted by atomic mass is 10.2. The second kappa shape index (κ2) is 4.92. The molecule has 96 valence electrons. The monoisotopic (exact) mass is 252 g/mol. The maximum absolute atomic E-state index is 11.3. The summed E-state index contributed by atoms with van der Waals surface area (Å²) >= 11 is 0. The van der Waals surface area contributed by atoms with E-state index in [2.05, 4.69) is 5.32 Å². The van der Waals surface area contributed by atoms with Gasteiger partial charge in [0.2, 0.25) is 12.7 Å². The molecular weight excluding hydrogens is 240 g/mol. The fourth-order valence-electron chi connectivity index (χ4n) is 1.46. The number of ether oxygens (including phenoxy) is 2. The molecule has 0 saturated heterocycles. The normalized spacial score (nSPS) is 14.1. The first kappa shape index (κ1) is 12.2. The fourth-order valence-corrected chi connectivity index (χ4v) is 1.46. The van der Waals surface area contributed by atoms with Gasteiger partial charge in [0.25, 0.3) is 0 Å². The summed E-state index contributed by atoms with van der Waals surface area (Å²) in [5.41, 5.74) is 5.93. The molecule has 1 aromatic carbocycles. The summed E-state index contributed by atoms with van der Waals surface area (Å²) in [6, 6.07) is 3.63. The maximum atomic E-state index is 11.3. The Balaban J connectivity index is 1.94. The molecule has 4 N–H and O–H groups in total. The predicted octanol–water partition coefficient (Wildman–Crippen LogP) is -0.557. The third-order valence-electron chi connectivity index (χ3n) is 2.45. The number of hydrogen-bond donors (Lipinski definition) is 3. The highest BCUT2D eigenvalue weighted by Crippen LogP contribution is 2.32. The van der Waals surface area contributed by atoms with Gasteiger partial charge in [-0.3, -0.25) is 4.79 Å². The van der Waals surface area contributed by atoms with Crippen LogP contribution in [0.2, 0.25) is 0 Å². The molecule has 0 saturated carbocycles. The average Bonchev–Trinajstić information content (AvgIpc) is 2.82. The van der Waals surface area contributed by atoms with Crippen molar-refractivity contribution in [3.63, 3.8) is 0 Å². The minimum atomic E-state index is -1.56. The van der Waals surface area contributed by atoms with Crippen molar-refractivity contribution >= 4 is 11.9 Å². The van der Waals surface area contributed by atoms with Crippen LogP contribution >= 0.6 is 0 Å². The summed E-state index contributed by atoms with van der Waals surface area (Å²) < 4.78 is 10.3. The molecular formula is C11H12N2O5. The van der Waals surface area contributed by atoms with Crippen molar-refractivity contribution in [2.45, 2.75) is 12.6 Å². The van der Waals surface area contributed by atoms with Gasteiger partial charge in [-0.1, -0.05) is 6.07 Å². The second-order valence-electron chi connectivity index (χ2n) is 3.72. The Labute approximate surface area is 102 Å². The molecule has 1 aromatic rings. The van der Waals surface area contributed by atoms with Gasteiger partial charge in [0.1, 0.15) is 0 Å². The van der Waals surface area contributed by atoms with E-state index in [1.165, 1.54) is 0 Å². The molecule has 0 bridgehead atoms. The van der Waals surface area contributed by atoms with Crippen LogP contribution in [0.5, 0.6) is 11.5 Å². The summed E-state index contributed by atoms with van der Waals surface area (Å²) in [5, 5.41) is 11.0. The van der Waals surface area contributed by atoms with Crippen molar-refractivity contribution in [3.8, 4) is 11.5 Å². The number of nitrogens with two attached hydrogens (primary N) is 1. The molecule has 0 fully saturated rings. The molecule has 18 heavy (non-hydrogen) atoms. The van der Waals surface area contributed by atoms with Crippen molar-refractivity contribution in [1.82, 2.24) is 5.32 Å². The summed E-state index contributed by atoms with van der Waals surface area (Å²) in [6.07, 6.45) is 0. The number of carbonyl (C=O) groups excluding carboxylic acids is 1. The Kier molecular flexibility index (Phi) is 3.33. The minimum absolute atomic E-state index is 0.176. The van der Waals surface area contributed by atoms with Crippen LogP contribution in [-0.2, 0) is 16.1 Å². The molecule has 1 aliphatic rings. The molecule has 1 aliphatic heterocycles. The number of fused-ring (bicyclic) bond motifs is 1. The van der Waals surface area contributed by atoms with E-state index in [9.17, 15) is 9.59 Å². The van der Waals surface area contributed by atoms with Gasteiger partial charge in [-0.25, -0.2) is 4.79 Å². The average molecular weight is 252 g/mol. The largest absolute Gasteiger partial charge is 0.480 e. The molecule has 1 unspecified atom stereocenters. The predicted molar refractivity (Wildman–Crippen MR) is 60.0 cm³/mol. The molecule has 1 atom stereocenters. The van der Waals surface area contributed by atoms with E-state index in [1.54, 1.807) is 18.2 Å². The van der Waals surface area contributed by atoms with Gasteiger partial charge < -0.3 is 25.6 Å². The topological polar surface area (TPSA) is 111 Å². The summed E-state index contributed by atoms with van der Waals surface area (Å²) in [6.45, 7) is 0.353. The molecule has 0 radical (unpaired) electrons. The number of rotatable bonds is 4. The van der Waals surface area contributed by atoms with Crippen LogP contribution in [0.25, 0.3) is 0 Å². The van der Waals surface area contributed by atoms with E-state index >= 15 is 0 Å². The summed E-state index contributed by atoms with van der Waals surface area (Å²) in [5.74, 6) is -0.852. The molecule has 7 heteroatoms. The Morgan fingerprint density at radius 3 is 2.83 bits per heavy atom. The van der Waals surface area contributed by atoms with Gasteiger partial charge in [-0.05, 0) is 17.7 Å². The van der Waals surface area contributed by atoms with Gasteiger partial charge >= 0.3 is 5.97 Å². The zero-order valence-electron chi connectivity index (χ0n) is 9.38. The number of carboxylic acids is 1. The van der Waals surface area contributed by atoms with Gasteiger partial charge in [0, 0.05) is 6.54 Å². The van der Waals surface area contributed by atoms with Crippen LogP contribution in [0.4, 0.5) is 0 Å². The molecule has 0 spiro atoms. The van der Waals surface area contributed by atoms with Crippen LogP contribution in [-0.4, -0.2) is 29.8 Å². The maximum Gasteiger partial charge on any atom is 0.330 e. The van der Waals surface area contributed by atoms with Gasteiger partial charge in [0.05, 0.1) is 0 Å². The first-order valence-corrected chi connectivity index (χ1v) is 5.22. The zero-order chi connectivity index (χ0) is 13.1. The molecule has 2 rings (SSSR count). The first-order valence-electron chi connectivity index (χ1n) is 5.22. The Hall–Kier alpha value is -2.28. The van der Waals surface area contributed by atoms with E-state index in [4.69, 9.17) is 20.3 Å². The van der Waals surface area contributed by atoms with E-state index < -0.39 is 17.9 Å². The summed E-state index contributed by atoms with van der Waals surface area (Å²) in [7, 11) is 0. The van der Waals surface area contributed by atoms with Crippen LogP contribution in [0.3, 0.4) is 0 Å². The molecule has 7 nitrogen and oxygen atoms in total. The van der Waals surface area contributed by atoms with Gasteiger partial charge in [0.15, 0.2) is 17.5 Å².